The van der Waals surface area contributed by atoms with Gasteiger partial charge in [-0.2, -0.15) is 0 Å². The number of halogens is 3. The van der Waals surface area contributed by atoms with E-state index in [9.17, 15) is 0 Å². The summed E-state index contributed by atoms with van der Waals surface area (Å²) in [6.07, 6.45) is 12.4. The summed E-state index contributed by atoms with van der Waals surface area (Å²) in [5.41, 5.74) is 0. The van der Waals surface area contributed by atoms with E-state index in [1.165, 1.54) is 63.3 Å². The molecule has 7 heteroatoms. The zero-order valence-electron chi connectivity index (χ0n) is 16.0. The summed E-state index contributed by atoms with van der Waals surface area (Å²) in [5, 5.41) is 1.00. The molecule has 150 valence electrons. The monoisotopic (exact) mass is 448 g/mol. The highest BCUT2D eigenvalue weighted by atomic mass is 35.6. The number of amidine groups is 1. The van der Waals surface area contributed by atoms with Crippen molar-refractivity contribution in [3.05, 3.63) is 0 Å². The van der Waals surface area contributed by atoms with Gasteiger partial charge >= 0.3 is 0 Å². The molecule has 0 aromatic heterocycles. The summed E-state index contributed by atoms with van der Waals surface area (Å²) >= 11 is 21.1. The van der Waals surface area contributed by atoms with Crippen molar-refractivity contribution >= 4 is 63.7 Å². The van der Waals surface area contributed by atoms with E-state index in [1.54, 1.807) is 11.8 Å². The molecule has 0 atom stereocenters. The first kappa shape index (κ1) is 26.0. The lowest BCUT2D eigenvalue weighted by atomic mass is 10.1. The van der Waals surface area contributed by atoms with Gasteiger partial charge in [0.25, 0.3) is 3.12 Å². The van der Waals surface area contributed by atoms with Gasteiger partial charge in [0.05, 0.1) is 0 Å². The third-order valence-corrected chi connectivity index (χ3v) is 6.09. The molecule has 0 saturated heterocycles. The number of rotatable bonds is 14. The zero-order valence-corrected chi connectivity index (χ0v) is 19.9. The summed E-state index contributed by atoms with van der Waals surface area (Å²) in [4.78, 5) is 4.82. The van der Waals surface area contributed by atoms with Crippen molar-refractivity contribution < 1.29 is 0 Å². The second-order valence-corrected chi connectivity index (χ2v) is 11.5. The number of thioether (sulfide) groups is 1. The van der Waals surface area contributed by atoms with Crippen molar-refractivity contribution in [3.8, 4) is 0 Å². The van der Waals surface area contributed by atoms with Gasteiger partial charge in [-0.3, -0.25) is 9.30 Å². The second-order valence-electron chi connectivity index (χ2n) is 6.06. The van der Waals surface area contributed by atoms with Crippen molar-refractivity contribution in [2.75, 3.05) is 18.8 Å². The SMILES string of the molecule is CCCCCCCN=C(SCC)N(CCCCCCC)SC(Cl)(Cl)Cl. The maximum Gasteiger partial charge on any atom is 0.256 e. The van der Waals surface area contributed by atoms with Crippen molar-refractivity contribution in [2.24, 2.45) is 4.99 Å². The molecule has 0 heterocycles. The Morgan fingerprint density at radius 2 is 1.40 bits per heavy atom. The van der Waals surface area contributed by atoms with Crippen LogP contribution >= 0.6 is 58.5 Å². The first-order valence-corrected chi connectivity index (χ1v) is 12.5. The minimum atomic E-state index is -1.35. The van der Waals surface area contributed by atoms with Gasteiger partial charge in [0.1, 0.15) is 0 Å². The molecule has 0 unspecified atom stereocenters. The second kappa shape index (κ2) is 17.2. The highest BCUT2D eigenvalue weighted by Crippen LogP contribution is 2.42. The molecular formula is C18H35Cl3N2S2. The van der Waals surface area contributed by atoms with Crippen LogP contribution in [0.4, 0.5) is 0 Å². The molecule has 0 aliphatic rings. The smallest absolute Gasteiger partial charge is 0.256 e. The molecule has 0 aromatic rings. The highest BCUT2D eigenvalue weighted by Gasteiger charge is 2.27. The molecule has 0 rings (SSSR count). The molecule has 0 saturated carbocycles. The normalized spacial score (nSPS) is 12.6. The van der Waals surface area contributed by atoms with Crippen LogP contribution in [0.5, 0.6) is 0 Å². The van der Waals surface area contributed by atoms with E-state index in [4.69, 9.17) is 39.8 Å². The Morgan fingerprint density at radius 1 is 0.840 bits per heavy atom. The topological polar surface area (TPSA) is 15.6 Å². The van der Waals surface area contributed by atoms with Gasteiger partial charge in [-0.25, -0.2) is 0 Å². The van der Waals surface area contributed by atoms with Gasteiger partial charge < -0.3 is 0 Å². The summed E-state index contributed by atoms with van der Waals surface area (Å²) in [7, 11) is 0. The van der Waals surface area contributed by atoms with Crippen molar-refractivity contribution in [2.45, 2.75) is 88.1 Å². The number of hydrogen-bond acceptors (Lipinski definition) is 3. The summed E-state index contributed by atoms with van der Waals surface area (Å²) < 4.78 is 0.749. The van der Waals surface area contributed by atoms with E-state index in [-0.39, 0.29) is 0 Å². The Hall–Kier alpha value is 1.04. The molecular weight excluding hydrogens is 415 g/mol. The molecule has 0 bridgehead atoms. The number of aliphatic imine (C=N–C) groups is 1. The molecule has 2 nitrogen and oxygen atoms in total. The zero-order chi connectivity index (χ0) is 19.0. The van der Waals surface area contributed by atoms with Crippen LogP contribution < -0.4 is 0 Å². The third kappa shape index (κ3) is 16.9. The highest BCUT2D eigenvalue weighted by molar-refractivity contribution is 8.15. The Morgan fingerprint density at radius 3 is 1.92 bits per heavy atom. The van der Waals surface area contributed by atoms with Crippen LogP contribution in [0.15, 0.2) is 4.99 Å². The fraction of sp³-hybridized carbons (Fsp3) is 0.944. The predicted molar refractivity (Wildman–Crippen MR) is 123 cm³/mol. The quantitative estimate of drug-likeness (QED) is 0.0871. The lowest BCUT2D eigenvalue weighted by Crippen LogP contribution is -2.26. The first-order chi connectivity index (χ1) is 11.9. The fourth-order valence-electron chi connectivity index (χ4n) is 2.38. The number of alkyl halides is 3. The van der Waals surface area contributed by atoms with Gasteiger partial charge in [0.2, 0.25) is 0 Å². The largest absolute Gasteiger partial charge is 0.292 e. The molecule has 0 amide bonds. The van der Waals surface area contributed by atoms with E-state index in [1.807, 2.05) is 0 Å². The molecule has 0 fully saturated rings. The molecule has 0 radical (unpaired) electrons. The van der Waals surface area contributed by atoms with Crippen LogP contribution in [0.1, 0.15) is 85.0 Å². The van der Waals surface area contributed by atoms with Crippen LogP contribution in [-0.4, -0.2) is 31.4 Å². The molecule has 25 heavy (non-hydrogen) atoms. The lowest BCUT2D eigenvalue weighted by molar-refractivity contribution is 0.567. The Balaban J connectivity index is 4.60. The number of nitrogens with zero attached hydrogens (tertiary/aromatic N) is 2. The van der Waals surface area contributed by atoms with Crippen LogP contribution in [0.3, 0.4) is 0 Å². The average molecular weight is 450 g/mol. The Labute approximate surface area is 179 Å². The van der Waals surface area contributed by atoms with Gasteiger partial charge in [-0.1, -0.05) is 119 Å². The van der Waals surface area contributed by atoms with E-state index in [0.29, 0.717) is 0 Å². The number of unbranched alkanes of at least 4 members (excludes halogenated alkanes) is 8. The van der Waals surface area contributed by atoms with Crippen molar-refractivity contribution in [3.63, 3.8) is 0 Å². The first-order valence-electron chi connectivity index (χ1n) is 9.65. The van der Waals surface area contributed by atoms with Crippen LogP contribution in [-0.2, 0) is 0 Å². The van der Waals surface area contributed by atoms with Crippen LogP contribution in [0.2, 0.25) is 0 Å². The molecule has 0 aliphatic carbocycles. The minimum absolute atomic E-state index is 0.860. The Bertz CT molecular complexity index is 337. The lowest BCUT2D eigenvalue weighted by Gasteiger charge is -2.27. The van der Waals surface area contributed by atoms with Crippen LogP contribution in [0, 0.1) is 0 Å². The maximum atomic E-state index is 6.04. The summed E-state index contributed by atoms with van der Waals surface area (Å²) in [5.74, 6) is 0.974. The van der Waals surface area contributed by atoms with Gasteiger partial charge in [0.15, 0.2) is 5.17 Å². The number of hydrogen-bond donors (Lipinski definition) is 0. The maximum absolute atomic E-state index is 6.04. The average Bonchev–Trinajstić information content (AvgIpc) is 2.54. The predicted octanol–water partition coefficient (Wildman–Crippen LogP) is 8.31. The van der Waals surface area contributed by atoms with Crippen LogP contribution in [0.25, 0.3) is 0 Å². The van der Waals surface area contributed by atoms with E-state index < -0.39 is 3.12 Å². The third-order valence-electron chi connectivity index (χ3n) is 3.67. The minimum Gasteiger partial charge on any atom is -0.292 e. The molecule has 0 aliphatic heterocycles. The van der Waals surface area contributed by atoms with Crippen molar-refractivity contribution in [1.29, 1.82) is 0 Å². The van der Waals surface area contributed by atoms with E-state index >= 15 is 0 Å². The van der Waals surface area contributed by atoms with E-state index in [0.717, 1.165) is 36.9 Å². The summed E-state index contributed by atoms with van der Waals surface area (Å²) in [6, 6.07) is 0. The van der Waals surface area contributed by atoms with E-state index in [2.05, 4.69) is 25.1 Å². The van der Waals surface area contributed by atoms with Gasteiger partial charge in [-0.05, 0) is 18.6 Å². The fourth-order valence-corrected chi connectivity index (χ4v) is 4.68. The molecule has 0 spiro atoms. The molecule has 0 aromatic carbocycles. The van der Waals surface area contributed by atoms with Gasteiger partial charge in [0, 0.05) is 25.0 Å². The standard InChI is InChI=1S/C18H35Cl3N2S2/c1-4-7-9-11-13-15-22-17(24-6-3)23(25-18(19,20)21)16-14-12-10-8-5-2/h4-16H2,1-3H3. The van der Waals surface area contributed by atoms with Gasteiger partial charge in [-0.15, -0.1) is 0 Å². The summed E-state index contributed by atoms with van der Waals surface area (Å²) in [6.45, 7) is 8.35. The molecule has 0 N–H and O–H groups in total. The Kier molecular flexibility index (Phi) is 17.9. The van der Waals surface area contributed by atoms with Crippen molar-refractivity contribution in [1.82, 2.24) is 4.31 Å².